The highest BCUT2D eigenvalue weighted by atomic mass is 35.5. The highest BCUT2D eigenvalue weighted by Crippen LogP contribution is 2.15. The smallest absolute Gasteiger partial charge is 0.131 e. The average Bonchev–Trinajstić information content (AvgIpc) is 2.02. The normalized spacial score (nSPS) is 11.4. The SMILES string of the molecule is COCC(C)(C)Nc1cccc(Cl)n1. The summed E-state index contributed by atoms with van der Waals surface area (Å²) in [4.78, 5) is 4.14. The predicted octanol–water partition coefficient (Wildman–Crippen LogP) is 2.57. The molecule has 0 radical (unpaired) electrons. The van der Waals surface area contributed by atoms with Gasteiger partial charge in [-0.2, -0.15) is 0 Å². The quantitative estimate of drug-likeness (QED) is 0.783. The van der Waals surface area contributed by atoms with Crippen LogP contribution in [0.5, 0.6) is 0 Å². The lowest BCUT2D eigenvalue weighted by Crippen LogP contribution is -2.36. The molecule has 0 saturated carbocycles. The molecule has 0 saturated heterocycles. The van der Waals surface area contributed by atoms with Crippen LogP contribution in [0.4, 0.5) is 5.82 Å². The lowest BCUT2D eigenvalue weighted by molar-refractivity contribution is 0.158. The molecule has 0 unspecified atom stereocenters. The average molecular weight is 215 g/mol. The lowest BCUT2D eigenvalue weighted by Gasteiger charge is -2.25. The van der Waals surface area contributed by atoms with Crippen LogP contribution in [0.15, 0.2) is 18.2 Å². The second-order valence-electron chi connectivity index (χ2n) is 3.79. The van der Waals surface area contributed by atoms with Gasteiger partial charge in [0, 0.05) is 7.11 Å². The zero-order valence-corrected chi connectivity index (χ0v) is 9.43. The van der Waals surface area contributed by atoms with Gasteiger partial charge in [0.05, 0.1) is 12.1 Å². The third kappa shape index (κ3) is 3.52. The van der Waals surface area contributed by atoms with Crippen molar-refractivity contribution in [2.75, 3.05) is 19.0 Å². The van der Waals surface area contributed by atoms with Crippen molar-refractivity contribution in [2.45, 2.75) is 19.4 Å². The van der Waals surface area contributed by atoms with Crippen LogP contribution in [0, 0.1) is 0 Å². The van der Waals surface area contributed by atoms with E-state index in [1.165, 1.54) is 0 Å². The summed E-state index contributed by atoms with van der Waals surface area (Å²) in [6, 6.07) is 5.49. The summed E-state index contributed by atoms with van der Waals surface area (Å²) in [5.74, 6) is 0.763. The van der Waals surface area contributed by atoms with Crippen LogP contribution >= 0.6 is 11.6 Å². The van der Waals surface area contributed by atoms with E-state index < -0.39 is 0 Å². The third-order valence-electron chi connectivity index (χ3n) is 1.69. The van der Waals surface area contributed by atoms with E-state index in [9.17, 15) is 0 Å². The Hall–Kier alpha value is -0.800. The predicted molar refractivity (Wildman–Crippen MR) is 58.8 cm³/mol. The van der Waals surface area contributed by atoms with Crippen molar-refractivity contribution in [3.05, 3.63) is 23.4 Å². The van der Waals surface area contributed by atoms with Crippen molar-refractivity contribution < 1.29 is 4.74 Å². The maximum Gasteiger partial charge on any atom is 0.131 e. The number of ether oxygens (including phenoxy) is 1. The van der Waals surface area contributed by atoms with Gasteiger partial charge in [0.15, 0.2) is 0 Å². The van der Waals surface area contributed by atoms with Gasteiger partial charge in [-0.15, -0.1) is 0 Å². The maximum absolute atomic E-state index is 5.77. The molecule has 0 aliphatic rings. The number of halogens is 1. The Morgan fingerprint density at radius 2 is 2.21 bits per heavy atom. The van der Waals surface area contributed by atoms with Crippen LogP contribution < -0.4 is 5.32 Å². The Balaban J connectivity index is 2.68. The number of pyridine rings is 1. The van der Waals surface area contributed by atoms with Gasteiger partial charge >= 0.3 is 0 Å². The molecule has 1 aromatic rings. The second kappa shape index (κ2) is 4.62. The van der Waals surface area contributed by atoms with Crippen molar-refractivity contribution in [3.8, 4) is 0 Å². The molecular formula is C10H15ClN2O. The Kier molecular flexibility index (Phi) is 3.72. The fourth-order valence-corrected chi connectivity index (χ4v) is 1.39. The molecule has 0 aliphatic heterocycles. The largest absolute Gasteiger partial charge is 0.382 e. The third-order valence-corrected chi connectivity index (χ3v) is 1.90. The number of aromatic nitrogens is 1. The molecule has 0 bridgehead atoms. The van der Waals surface area contributed by atoms with Gasteiger partial charge in [-0.05, 0) is 26.0 Å². The number of anilines is 1. The molecule has 0 aliphatic carbocycles. The van der Waals surface area contributed by atoms with Crippen LogP contribution in [0.1, 0.15) is 13.8 Å². The molecule has 1 rings (SSSR count). The van der Waals surface area contributed by atoms with E-state index in [1.54, 1.807) is 13.2 Å². The minimum Gasteiger partial charge on any atom is -0.382 e. The number of methoxy groups -OCH3 is 1. The fraction of sp³-hybridized carbons (Fsp3) is 0.500. The van der Waals surface area contributed by atoms with Gasteiger partial charge in [0.2, 0.25) is 0 Å². The number of nitrogens with one attached hydrogen (secondary N) is 1. The summed E-state index contributed by atoms with van der Waals surface area (Å²) in [5.41, 5.74) is -0.146. The molecule has 4 heteroatoms. The molecule has 14 heavy (non-hydrogen) atoms. The number of hydrogen-bond acceptors (Lipinski definition) is 3. The maximum atomic E-state index is 5.77. The van der Waals surface area contributed by atoms with E-state index in [4.69, 9.17) is 16.3 Å². The standard InChI is InChI=1S/C10H15ClN2O/c1-10(2,7-14-3)13-9-6-4-5-8(11)12-9/h4-6H,7H2,1-3H3,(H,12,13). The van der Waals surface area contributed by atoms with Crippen molar-refractivity contribution in [1.82, 2.24) is 4.98 Å². The molecule has 0 amide bonds. The van der Waals surface area contributed by atoms with Gasteiger partial charge in [-0.3, -0.25) is 0 Å². The molecule has 3 nitrogen and oxygen atoms in total. The first-order valence-electron chi connectivity index (χ1n) is 4.43. The number of rotatable bonds is 4. The van der Waals surface area contributed by atoms with Crippen LogP contribution in [-0.2, 0) is 4.74 Å². The van der Waals surface area contributed by atoms with E-state index in [1.807, 2.05) is 26.0 Å². The van der Waals surface area contributed by atoms with Gasteiger partial charge in [-0.1, -0.05) is 17.7 Å². The molecule has 0 atom stereocenters. The first kappa shape index (κ1) is 11.3. The van der Waals surface area contributed by atoms with E-state index in [-0.39, 0.29) is 5.54 Å². The zero-order chi connectivity index (χ0) is 10.6. The van der Waals surface area contributed by atoms with Crippen molar-refractivity contribution >= 4 is 17.4 Å². The highest BCUT2D eigenvalue weighted by Gasteiger charge is 2.17. The molecule has 1 heterocycles. The molecule has 0 aromatic carbocycles. The van der Waals surface area contributed by atoms with Crippen molar-refractivity contribution in [2.24, 2.45) is 0 Å². The minimum absolute atomic E-state index is 0.146. The lowest BCUT2D eigenvalue weighted by atomic mass is 10.1. The Bertz CT molecular complexity index is 302. The monoisotopic (exact) mass is 214 g/mol. The summed E-state index contributed by atoms with van der Waals surface area (Å²) in [6.45, 7) is 4.69. The van der Waals surface area contributed by atoms with Gasteiger partial charge in [0.1, 0.15) is 11.0 Å². The van der Waals surface area contributed by atoms with Crippen LogP contribution in [0.2, 0.25) is 5.15 Å². The Morgan fingerprint density at radius 1 is 1.50 bits per heavy atom. The molecule has 0 fully saturated rings. The molecule has 1 aromatic heterocycles. The topological polar surface area (TPSA) is 34.1 Å². The first-order chi connectivity index (χ1) is 6.53. The fourth-order valence-electron chi connectivity index (χ4n) is 1.22. The van der Waals surface area contributed by atoms with E-state index >= 15 is 0 Å². The van der Waals surface area contributed by atoms with Crippen LogP contribution in [-0.4, -0.2) is 24.2 Å². The second-order valence-corrected chi connectivity index (χ2v) is 4.17. The Morgan fingerprint density at radius 3 is 2.79 bits per heavy atom. The van der Waals surface area contributed by atoms with E-state index in [2.05, 4.69) is 10.3 Å². The first-order valence-corrected chi connectivity index (χ1v) is 4.81. The summed E-state index contributed by atoms with van der Waals surface area (Å²) >= 11 is 5.77. The summed E-state index contributed by atoms with van der Waals surface area (Å²) < 4.78 is 5.09. The van der Waals surface area contributed by atoms with Crippen molar-refractivity contribution in [3.63, 3.8) is 0 Å². The Labute approximate surface area is 89.4 Å². The molecule has 0 spiro atoms. The molecular weight excluding hydrogens is 200 g/mol. The summed E-state index contributed by atoms with van der Waals surface area (Å²) in [6.07, 6.45) is 0. The summed E-state index contributed by atoms with van der Waals surface area (Å²) in [5, 5.41) is 3.73. The zero-order valence-electron chi connectivity index (χ0n) is 8.67. The van der Waals surface area contributed by atoms with Gasteiger partial charge in [-0.25, -0.2) is 4.98 Å². The van der Waals surface area contributed by atoms with Crippen LogP contribution in [0.25, 0.3) is 0 Å². The molecule has 1 N–H and O–H groups in total. The highest BCUT2D eigenvalue weighted by molar-refractivity contribution is 6.29. The minimum atomic E-state index is -0.146. The van der Waals surface area contributed by atoms with E-state index in [0.29, 0.717) is 11.8 Å². The number of hydrogen-bond donors (Lipinski definition) is 1. The van der Waals surface area contributed by atoms with Crippen molar-refractivity contribution in [1.29, 1.82) is 0 Å². The van der Waals surface area contributed by atoms with E-state index in [0.717, 1.165) is 5.82 Å². The van der Waals surface area contributed by atoms with Gasteiger partial charge in [0.25, 0.3) is 0 Å². The van der Waals surface area contributed by atoms with Crippen LogP contribution in [0.3, 0.4) is 0 Å². The molecule has 78 valence electrons. The number of nitrogens with zero attached hydrogens (tertiary/aromatic N) is 1. The van der Waals surface area contributed by atoms with Gasteiger partial charge < -0.3 is 10.1 Å². The summed E-state index contributed by atoms with van der Waals surface area (Å²) in [7, 11) is 1.68.